The van der Waals surface area contributed by atoms with Gasteiger partial charge in [-0.25, -0.2) is 4.79 Å². The third-order valence-electron chi connectivity index (χ3n) is 5.50. The summed E-state index contributed by atoms with van der Waals surface area (Å²) < 4.78 is 7.05. The molecule has 0 saturated carbocycles. The minimum Gasteiger partial charge on any atom is -0.457 e. The van der Waals surface area contributed by atoms with E-state index in [1.807, 2.05) is 67.6 Å². The van der Waals surface area contributed by atoms with Crippen molar-refractivity contribution < 1.29 is 9.21 Å². The molecule has 1 amide bonds. The van der Waals surface area contributed by atoms with E-state index in [4.69, 9.17) is 10.2 Å². The molecule has 0 bridgehead atoms. The Morgan fingerprint density at radius 1 is 1.12 bits per heavy atom. The highest BCUT2D eigenvalue weighted by Gasteiger charge is 2.23. The number of unbranched alkanes of at least 4 members (excludes halogenated alkanes) is 1. The summed E-state index contributed by atoms with van der Waals surface area (Å²) in [5.74, 6) is -0.00479. The summed E-state index contributed by atoms with van der Waals surface area (Å²) in [6.07, 6.45) is 4.43. The lowest BCUT2D eigenvalue weighted by Gasteiger charge is -2.23. The van der Waals surface area contributed by atoms with E-state index in [2.05, 4.69) is 4.98 Å². The van der Waals surface area contributed by atoms with Gasteiger partial charge in [0, 0.05) is 18.0 Å². The second kappa shape index (κ2) is 10.1. The number of amides is 1. The molecule has 0 saturated heterocycles. The molecule has 0 unspecified atom stereocenters. The summed E-state index contributed by atoms with van der Waals surface area (Å²) in [6.45, 7) is 2.43. The van der Waals surface area contributed by atoms with Gasteiger partial charge in [-0.1, -0.05) is 61.9 Å². The van der Waals surface area contributed by atoms with Crippen LogP contribution in [0, 0.1) is 0 Å². The molecule has 34 heavy (non-hydrogen) atoms. The molecule has 0 aliphatic heterocycles. The van der Waals surface area contributed by atoms with Crippen molar-refractivity contribution in [2.75, 3.05) is 10.6 Å². The van der Waals surface area contributed by atoms with E-state index in [1.54, 1.807) is 6.08 Å². The number of nitrogens with zero attached hydrogens (tertiary/aromatic N) is 2. The number of benzene rings is 2. The molecule has 4 rings (SSSR count). The maximum absolute atomic E-state index is 13.4. The molecule has 8 nitrogen and oxygen atoms in total. The monoisotopic (exact) mass is 458 g/mol. The molecule has 0 spiro atoms. The quantitative estimate of drug-likeness (QED) is 0.389. The van der Waals surface area contributed by atoms with Crippen LogP contribution in [-0.2, 0) is 17.9 Å². The number of aromatic amines is 1. The molecule has 3 N–H and O–H groups in total. The lowest BCUT2D eigenvalue weighted by Crippen LogP contribution is -2.40. The van der Waals surface area contributed by atoms with Crippen LogP contribution in [0.3, 0.4) is 0 Å². The number of anilines is 2. The first kappa shape index (κ1) is 22.8. The molecule has 8 heteroatoms. The molecule has 0 fully saturated rings. The maximum atomic E-state index is 13.4. The number of hydrogen-bond acceptors (Lipinski definition) is 5. The zero-order valence-corrected chi connectivity index (χ0v) is 18.9. The molecule has 2 aromatic carbocycles. The van der Waals surface area contributed by atoms with Crippen LogP contribution in [0.2, 0.25) is 0 Å². The Labute approximate surface area is 195 Å². The summed E-state index contributed by atoms with van der Waals surface area (Å²) >= 11 is 0. The van der Waals surface area contributed by atoms with Gasteiger partial charge in [0.05, 0.1) is 6.54 Å². The fraction of sp³-hybridized carbons (Fsp3) is 0.192. The zero-order chi connectivity index (χ0) is 24.1. The van der Waals surface area contributed by atoms with Crippen molar-refractivity contribution in [2.45, 2.75) is 32.9 Å². The highest BCUT2D eigenvalue weighted by molar-refractivity contribution is 6.05. The lowest BCUT2D eigenvalue weighted by atomic mass is 10.2. The van der Waals surface area contributed by atoms with Gasteiger partial charge in [0.1, 0.15) is 17.2 Å². The second-order valence-corrected chi connectivity index (χ2v) is 7.93. The molecule has 0 radical (unpaired) electrons. The van der Waals surface area contributed by atoms with Crippen molar-refractivity contribution in [3.63, 3.8) is 0 Å². The van der Waals surface area contributed by atoms with Crippen LogP contribution in [0.1, 0.15) is 31.1 Å². The Hall–Kier alpha value is -4.33. The van der Waals surface area contributed by atoms with Gasteiger partial charge >= 0.3 is 5.69 Å². The van der Waals surface area contributed by atoms with E-state index >= 15 is 0 Å². The third-order valence-corrected chi connectivity index (χ3v) is 5.50. The smallest absolute Gasteiger partial charge is 0.330 e. The number of carbonyl (C=O) groups excluding carboxylic acids is 1. The van der Waals surface area contributed by atoms with E-state index in [9.17, 15) is 14.4 Å². The lowest BCUT2D eigenvalue weighted by molar-refractivity contribution is -0.114. The highest BCUT2D eigenvalue weighted by Crippen LogP contribution is 2.22. The standard InChI is InChI=1S/C26H26N4O4/c1-2-3-15-29-24(27)23(25(32)28-26(29)33)30(17-18-9-5-4-6-10-18)22(31)14-13-20-16-19-11-7-8-12-21(19)34-20/h4-14,16H,2-3,15,17,27H2,1H3,(H,28,32,33)/b14-13+. The number of rotatable bonds is 8. The van der Waals surface area contributed by atoms with Crippen LogP contribution in [0.15, 0.2) is 80.7 Å². The van der Waals surface area contributed by atoms with E-state index in [0.29, 0.717) is 24.3 Å². The number of nitrogens with one attached hydrogen (secondary N) is 1. The average Bonchev–Trinajstić information content (AvgIpc) is 3.25. The van der Waals surface area contributed by atoms with Gasteiger partial charge in [0.15, 0.2) is 5.69 Å². The van der Waals surface area contributed by atoms with Crippen molar-refractivity contribution in [1.82, 2.24) is 9.55 Å². The number of nitrogen functional groups attached to an aromatic ring is 1. The Balaban J connectivity index is 1.74. The van der Waals surface area contributed by atoms with Crippen molar-refractivity contribution in [3.8, 4) is 0 Å². The van der Waals surface area contributed by atoms with Crippen LogP contribution in [-0.4, -0.2) is 15.5 Å². The molecular weight excluding hydrogens is 432 g/mol. The largest absolute Gasteiger partial charge is 0.457 e. The highest BCUT2D eigenvalue weighted by atomic mass is 16.3. The first-order valence-electron chi connectivity index (χ1n) is 11.1. The first-order chi connectivity index (χ1) is 16.5. The van der Waals surface area contributed by atoms with Crippen LogP contribution in [0.4, 0.5) is 11.5 Å². The summed E-state index contributed by atoms with van der Waals surface area (Å²) in [5, 5.41) is 0.916. The molecule has 0 atom stereocenters. The van der Waals surface area contributed by atoms with Crippen LogP contribution in [0.25, 0.3) is 17.0 Å². The average molecular weight is 459 g/mol. The second-order valence-electron chi connectivity index (χ2n) is 7.93. The fourth-order valence-electron chi connectivity index (χ4n) is 3.74. The molecule has 174 valence electrons. The van der Waals surface area contributed by atoms with Gasteiger partial charge in [-0.2, -0.15) is 0 Å². The van der Waals surface area contributed by atoms with E-state index in [0.717, 1.165) is 17.4 Å². The number of hydrogen-bond donors (Lipinski definition) is 2. The molecule has 0 aliphatic rings. The Morgan fingerprint density at radius 2 is 1.85 bits per heavy atom. The van der Waals surface area contributed by atoms with Gasteiger partial charge in [0.25, 0.3) is 11.5 Å². The van der Waals surface area contributed by atoms with E-state index in [-0.39, 0.29) is 18.1 Å². The summed E-state index contributed by atoms with van der Waals surface area (Å²) in [5.41, 5.74) is 6.43. The van der Waals surface area contributed by atoms with Crippen molar-refractivity contribution in [2.24, 2.45) is 0 Å². The van der Waals surface area contributed by atoms with Crippen molar-refractivity contribution in [1.29, 1.82) is 0 Å². The third kappa shape index (κ3) is 4.85. The van der Waals surface area contributed by atoms with Gasteiger partial charge in [-0.15, -0.1) is 0 Å². The minimum absolute atomic E-state index is 0.0383. The predicted molar refractivity (Wildman–Crippen MR) is 134 cm³/mol. The minimum atomic E-state index is -0.711. The summed E-state index contributed by atoms with van der Waals surface area (Å²) in [4.78, 5) is 42.1. The Kier molecular flexibility index (Phi) is 6.77. The first-order valence-corrected chi connectivity index (χ1v) is 11.1. The SMILES string of the molecule is CCCCn1c(N)c(N(Cc2ccccc2)C(=O)/C=C/c2cc3ccccc3o2)c(=O)[nH]c1=O. The number of furan rings is 1. The molecule has 2 aromatic heterocycles. The van der Waals surface area contributed by atoms with Gasteiger partial charge < -0.3 is 10.2 Å². The van der Waals surface area contributed by atoms with Crippen LogP contribution < -0.4 is 21.9 Å². The molecular formula is C26H26N4O4. The van der Waals surface area contributed by atoms with Crippen molar-refractivity contribution >= 4 is 34.5 Å². The maximum Gasteiger partial charge on any atom is 0.330 e. The van der Waals surface area contributed by atoms with Crippen LogP contribution in [0.5, 0.6) is 0 Å². The number of H-pyrrole nitrogens is 1. The van der Waals surface area contributed by atoms with Crippen molar-refractivity contribution in [3.05, 3.63) is 98.9 Å². The van der Waals surface area contributed by atoms with E-state index < -0.39 is 17.2 Å². The van der Waals surface area contributed by atoms with Gasteiger partial charge in [0.2, 0.25) is 0 Å². The number of carbonyl (C=O) groups is 1. The topological polar surface area (TPSA) is 114 Å². The number of fused-ring (bicyclic) bond motifs is 1. The Morgan fingerprint density at radius 3 is 2.59 bits per heavy atom. The molecule has 2 heterocycles. The van der Waals surface area contributed by atoms with Gasteiger partial charge in [-0.3, -0.25) is 24.0 Å². The van der Waals surface area contributed by atoms with Gasteiger partial charge in [-0.05, 0) is 30.2 Å². The summed E-state index contributed by atoms with van der Waals surface area (Å²) in [6, 6.07) is 18.6. The van der Waals surface area contributed by atoms with E-state index in [1.165, 1.54) is 15.5 Å². The summed E-state index contributed by atoms with van der Waals surface area (Å²) in [7, 11) is 0. The predicted octanol–water partition coefficient (Wildman–Crippen LogP) is 3.91. The fourth-order valence-corrected chi connectivity index (χ4v) is 3.74. The zero-order valence-electron chi connectivity index (χ0n) is 18.9. The molecule has 4 aromatic rings. The number of nitrogens with two attached hydrogens (primary N) is 1. The number of para-hydroxylation sites is 1. The number of aromatic nitrogens is 2. The Bertz CT molecular complexity index is 1410. The normalized spacial score (nSPS) is 11.3. The molecule has 0 aliphatic carbocycles. The van der Waals surface area contributed by atoms with Crippen LogP contribution >= 0.6 is 0 Å².